The fourth-order valence-corrected chi connectivity index (χ4v) is 3.72. The van der Waals surface area contributed by atoms with Crippen LogP contribution in [0, 0.1) is 0 Å². The Hall–Kier alpha value is -2.18. The van der Waals surface area contributed by atoms with Crippen LogP contribution in [0.15, 0.2) is 36.4 Å². The van der Waals surface area contributed by atoms with Crippen molar-refractivity contribution in [3.05, 3.63) is 36.4 Å². The van der Waals surface area contributed by atoms with Gasteiger partial charge in [-0.15, -0.1) is 0 Å². The van der Waals surface area contributed by atoms with Gasteiger partial charge in [0.05, 0.1) is 6.10 Å². The SMILES string of the molecule is CCN1CCN(c2cc(NCC3CCCO3)nc(-c3ccccc3)n2)CC1. The fourth-order valence-electron chi connectivity index (χ4n) is 3.72. The minimum atomic E-state index is 0.289. The van der Waals surface area contributed by atoms with Gasteiger partial charge in [-0.3, -0.25) is 0 Å². The van der Waals surface area contributed by atoms with Crippen molar-refractivity contribution >= 4 is 11.6 Å². The zero-order valence-electron chi connectivity index (χ0n) is 16.1. The van der Waals surface area contributed by atoms with Gasteiger partial charge in [-0.1, -0.05) is 37.3 Å². The van der Waals surface area contributed by atoms with E-state index in [-0.39, 0.29) is 6.10 Å². The second-order valence-electron chi connectivity index (χ2n) is 7.24. The molecule has 0 amide bonds. The second kappa shape index (κ2) is 8.67. The number of piperazine rings is 1. The standard InChI is InChI=1S/C21H29N5O/c1-2-25-10-12-26(13-11-25)20-15-19(22-16-18-9-6-14-27-18)23-21(24-20)17-7-4-3-5-8-17/h3-5,7-8,15,18H,2,6,9-14,16H2,1H3,(H,22,23,24). The van der Waals surface area contributed by atoms with Gasteiger partial charge in [0.2, 0.25) is 0 Å². The summed E-state index contributed by atoms with van der Waals surface area (Å²) in [5, 5.41) is 3.48. The summed E-state index contributed by atoms with van der Waals surface area (Å²) in [6.07, 6.45) is 2.56. The molecule has 0 aliphatic carbocycles. The number of rotatable bonds is 6. The number of nitrogens with one attached hydrogen (secondary N) is 1. The lowest BCUT2D eigenvalue weighted by Crippen LogP contribution is -2.46. The van der Waals surface area contributed by atoms with Crippen LogP contribution >= 0.6 is 0 Å². The molecule has 27 heavy (non-hydrogen) atoms. The van der Waals surface area contributed by atoms with Gasteiger partial charge < -0.3 is 19.9 Å². The highest BCUT2D eigenvalue weighted by molar-refractivity contribution is 5.61. The molecule has 6 nitrogen and oxygen atoms in total. The number of likely N-dealkylation sites (N-methyl/N-ethyl adjacent to an activating group) is 1. The first-order valence-corrected chi connectivity index (χ1v) is 10.1. The Morgan fingerprint density at radius 2 is 1.93 bits per heavy atom. The Kier molecular flexibility index (Phi) is 5.84. The van der Waals surface area contributed by atoms with E-state index in [4.69, 9.17) is 14.7 Å². The molecule has 1 unspecified atom stereocenters. The van der Waals surface area contributed by atoms with Crippen molar-refractivity contribution in [2.45, 2.75) is 25.9 Å². The third kappa shape index (κ3) is 4.57. The molecule has 2 aromatic rings. The summed E-state index contributed by atoms with van der Waals surface area (Å²) >= 11 is 0. The highest BCUT2D eigenvalue weighted by Crippen LogP contribution is 2.24. The summed E-state index contributed by atoms with van der Waals surface area (Å²) in [5.74, 6) is 2.67. The van der Waals surface area contributed by atoms with Crippen molar-refractivity contribution < 1.29 is 4.74 Å². The lowest BCUT2D eigenvalue weighted by Gasteiger charge is -2.35. The van der Waals surface area contributed by atoms with Gasteiger partial charge in [0.1, 0.15) is 11.6 Å². The van der Waals surface area contributed by atoms with E-state index in [9.17, 15) is 0 Å². The number of ether oxygens (including phenoxy) is 1. The van der Waals surface area contributed by atoms with Crippen LogP contribution in [-0.4, -0.2) is 66.8 Å². The molecule has 1 N–H and O–H groups in total. The molecular weight excluding hydrogens is 338 g/mol. The fraction of sp³-hybridized carbons (Fsp3) is 0.524. The molecule has 0 saturated carbocycles. The average molecular weight is 367 g/mol. The molecule has 2 saturated heterocycles. The summed E-state index contributed by atoms with van der Waals surface area (Å²) in [6, 6.07) is 12.3. The molecule has 1 aromatic heterocycles. The summed E-state index contributed by atoms with van der Waals surface area (Å²) < 4.78 is 5.74. The monoisotopic (exact) mass is 367 g/mol. The largest absolute Gasteiger partial charge is 0.376 e. The number of hydrogen-bond acceptors (Lipinski definition) is 6. The Bertz CT molecular complexity index is 725. The smallest absolute Gasteiger partial charge is 0.163 e. The summed E-state index contributed by atoms with van der Waals surface area (Å²) in [5.41, 5.74) is 1.05. The molecule has 6 heteroatoms. The predicted octanol–water partition coefficient (Wildman–Crippen LogP) is 2.88. The summed E-state index contributed by atoms with van der Waals surface area (Å²) in [4.78, 5) is 14.5. The van der Waals surface area contributed by atoms with Crippen LogP contribution in [0.5, 0.6) is 0 Å². The Morgan fingerprint density at radius 3 is 2.63 bits per heavy atom. The van der Waals surface area contributed by atoms with Gasteiger partial charge in [-0.05, 0) is 19.4 Å². The number of benzene rings is 1. The third-order valence-corrected chi connectivity index (χ3v) is 5.42. The van der Waals surface area contributed by atoms with Gasteiger partial charge in [0, 0.05) is 51.0 Å². The maximum atomic E-state index is 5.74. The molecular formula is C21H29N5O. The van der Waals surface area contributed by atoms with Crippen LogP contribution in [0.4, 0.5) is 11.6 Å². The van der Waals surface area contributed by atoms with Crippen molar-refractivity contribution in [3.63, 3.8) is 0 Å². The molecule has 2 aliphatic heterocycles. The van der Waals surface area contributed by atoms with Crippen molar-refractivity contribution in [1.29, 1.82) is 0 Å². The van der Waals surface area contributed by atoms with Gasteiger partial charge >= 0.3 is 0 Å². The first-order valence-electron chi connectivity index (χ1n) is 10.1. The van der Waals surface area contributed by atoms with E-state index in [1.807, 2.05) is 18.2 Å². The minimum absolute atomic E-state index is 0.289. The lowest BCUT2D eigenvalue weighted by molar-refractivity contribution is 0.120. The van der Waals surface area contributed by atoms with Crippen molar-refractivity contribution in [3.8, 4) is 11.4 Å². The quantitative estimate of drug-likeness (QED) is 0.847. The Morgan fingerprint density at radius 1 is 1.11 bits per heavy atom. The van der Waals surface area contributed by atoms with Gasteiger partial charge in [0.25, 0.3) is 0 Å². The first-order chi connectivity index (χ1) is 13.3. The molecule has 3 heterocycles. The lowest BCUT2D eigenvalue weighted by atomic mass is 10.2. The zero-order chi connectivity index (χ0) is 18.5. The molecule has 1 aromatic carbocycles. The molecule has 0 spiro atoms. The molecule has 4 rings (SSSR count). The molecule has 144 valence electrons. The molecule has 0 bridgehead atoms. The van der Waals surface area contributed by atoms with Gasteiger partial charge in [0.15, 0.2) is 5.82 Å². The highest BCUT2D eigenvalue weighted by atomic mass is 16.5. The Labute approximate surface area is 161 Å². The zero-order valence-corrected chi connectivity index (χ0v) is 16.1. The number of anilines is 2. The summed E-state index contributed by atoms with van der Waals surface area (Å²) in [6.45, 7) is 9.18. The van der Waals surface area contributed by atoms with Crippen molar-refractivity contribution in [1.82, 2.24) is 14.9 Å². The van der Waals surface area contributed by atoms with Gasteiger partial charge in [-0.2, -0.15) is 0 Å². The number of hydrogen-bond donors (Lipinski definition) is 1. The highest BCUT2D eigenvalue weighted by Gasteiger charge is 2.20. The topological polar surface area (TPSA) is 53.5 Å². The van der Waals surface area contributed by atoms with E-state index in [2.05, 4.69) is 40.2 Å². The van der Waals surface area contributed by atoms with E-state index in [0.717, 1.165) is 81.7 Å². The molecule has 2 aliphatic rings. The van der Waals surface area contributed by atoms with Crippen molar-refractivity contribution in [2.24, 2.45) is 0 Å². The normalized spacial score (nSPS) is 20.8. The van der Waals surface area contributed by atoms with Gasteiger partial charge in [-0.25, -0.2) is 9.97 Å². The van der Waals surface area contributed by atoms with Crippen LogP contribution in [0.25, 0.3) is 11.4 Å². The van der Waals surface area contributed by atoms with E-state index in [0.29, 0.717) is 0 Å². The summed E-state index contributed by atoms with van der Waals surface area (Å²) in [7, 11) is 0. The number of aromatic nitrogens is 2. The maximum absolute atomic E-state index is 5.74. The second-order valence-corrected chi connectivity index (χ2v) is 7.24. The van der Waals surface area contributed by atoms with Crippen LogP contribution in [0.1, 0.15) is 19.8 Å². The van der Waals surface area contributed by atoms with E-state index >= 15 is 0 Å². The van der Waals surface area contributed by atoms with Crippen molar-refractivity contribution in [2.75, 3.05) is 56.1 Å². The molecule has 0 radical (unpaired) electrons. The molecule has 1 atom stereocenters. The number of nitrogens with zero attached hydrogens (tertiary/aromatic N) is 4. The molecule has 2 fully saturated rings. The minimum Gasteiger partial charge on any atom is -0.376 e. The third-order valence-electron chi connectivity index (χ3n) is 5.42. The first kappa shape index (κ1) is 18.2. The van der Waals surface area contributed by atoms with E-state index in [1.165, 1.54) is 0 Å². The maximum Gasteiger partial charge on any atom is 0.163 e. The van der Waals surface area contributed by atoms with Crippen LogP contribution in [0.3, 0.4) is 0 Å². The van der Waals surface area contributed by atoms with Crippen LogP contribution in [-0.2, 0) is 4.74 Å². The average Bonchev–Trinajstić information content (AvgIpc) is 3.26. The van der Waals surface area contributed by atoms with E-state index in [1.54, 1.807) is 0 Å². The Balaban J connectivity index is 1.56. The predicted molar refractivity (Wildman–Crippen MR) is 109 cm³/mol. The van der Waals surface area contributed by atoms with Crippen LogP contribution < -0.4 is 10.2 Å². The van der Waals surface area contributed by atoms with Crippen LogP contribution in [0.2, 0.25) is 0 Å². The van der Waals surface area contributed by atoms with E-state index < -0.39 is 0 Å².